The van der Waals surface area contributed by atoms with E-state index in [0.717, 1.165) is 9.13 Å². The molecule has 8 N–H and O–H groups in total. The first-order valence-corrected chi connectivity index (χ1v) is 12.5. The number of aliphatic hydroxyl groups is 5. The van der Waals surface area contributed by atoms with Gasteiger partial charge >= 0.3 is 17.3 Å². The number of amides is 1. The Morgan fingerprint density at radius 3 is 2.20 bits per heavy atom. The normalized spacial score (nSPS) is 27.4. The van der Waals surface area contributed by atoms with Gasteiger partial charge in [-0.2, -0.15) is 9.97 Å². The molecule has 44 heavy (non-hydrogen) atoms. The molecule has 2 fully saturated rings. The summed E-state index contributed by atoms with van der Waals surface area (Å²) in [5.41, 5.74) is 10.4. The molecule has 1 amide bonds. The van der Waals surface area contributed by atoms with Crippen LogP contribution in [0.3, 0.4) is 0 Å². The number of azide groups is 1. The number of nitrogen functional groups attached to an aromatic ring is 1. The molecular formula is C24H25N9O11. The summed E-state index contributed by atoms with van der Waals surface area (Å²) in [7, 11) is 0. The van der Waals surface area contributed by atoms with Gasteiger partial charge in [0.1, 0.15) is 29.9 Å². The van der Waals surface area contributed by atoms with Gasteiger partial charge in [0.2, 0.25) is 12.0 Å². The molecule has 0 spiro atoms. The predicted octanol–water partition coefficient (Wildman–Crippen LogP) is -2.65. The van der Waals surface area contributed by atoms with Gasteiger partial charge in [0.25, 0.3) is 5.91 Å². The Labute approximate surface area is 244 Å². The third-order valence-electron chi connectivity index (χ3n) is 6.44. The third kappa shape index (κ3) is 6.26. The van der Waals surface area contributed by atoms with E-state index in [-0.39, 0.29) is 11.6 Å². The van der Waals surface area contributed by atoms with Crippen LogP contribution in [0.2, 0.25) is 0 Å². The predicted molar refractivity (Wildman–Crippen MR) is 144 cm³/mol. The van der Waals surface area contributed by atoms with Crippen molar-refractivity contribution in [3.8, 4) is 0 Å². The van der Waals surface area contributed by atoms with Crippen molar-refractivity contribution in [2.24, 2.45) is 5.11 Å². The second-order valence-electron chi connectivity index (χ2n) is 9.26. The van der Waals surface area contributed by atoms with Crippen molar-refractivity contribution in [3.63, 3.8) is 0 Å². The molecule has 2 aliphatic heterocycles. The number of rotatable bonds is 6. The molecule has 5 rings (SSSR count). The van der Waals surface area contributed by atoms with E-state index < -0.39 is 72.5 Å². The lowest BCUT2D eigenvalue weighted by Crippen LogP contribution is -2.44. The van der Waals surface area contributed by atoms with Crippen molar-refractivity contribution in [3.05, 3.63) is 91.8 Å². The average Bonchev–Trinajstić information content (AvgIpc) is 3.40. The highest BCUT2D eigenvalue weighted by atomic mass is 16.6. The number of carbonyl (C=O) groups excluding carboxylic acids is 2. The van der Waals surface area contributed by atoms with Crippen molar-refractivity contribution in [1.29, 1.82) is 0 Å². The van der Waals surface area contributed by atoms with Crippen molar-refractivity contribution >= 4 is 23.5 Å². The molecule has 232 valence electrons. The summed E-state index contributed by atoms with van der Waals surface area (Å²) in [4.78, 5) is 56.5. The molecule has 1 aromatic carbocycles. The summed E-state index contributed by atoms with van der Waals surface area (Å²) in [6.45, 7) is -0.872. The van der Waals surface area contributed by atoms with E-state index in [4.69, 9.17) is 20.7 Å². The number of hydrogen-bond donors (Lipinski definition) is 7. The van der Waals surface area contributed by atoms with Crippen molar-refractivity contribution in [2.75, 3.05) is 17.7 Å². The first kappa shape index (κ1) is 31.7. The zero-order valence-electron chi connectivity index (χ0n) is 22.3. The Hall–Kier alpha value is -5.21. The molecule has 2 aliphatic rings. The fraction of sp³-hybridized carbons (Fsp3) is 0.333. The molecule has 0 saturated carbocycles. The first-order valence-electron chi connectivity index (χ1n) is 12.5. The van der Waals surface area contributed by atoms with Crippen LogP contribution in [0, 0.1) is 0 Å². The average molecular weight is 616 g/mol. The van der Waals surface area contributed by atoms with E-state index in [1.807, 2.05) is 0 Å². The molecule has 4 heterocycles. The number of nitrogens with two attached hydrogens (primary N) is 1. The maximum Gasteiger partial charge on any atom is 0.352 e. The Balaban J connectivity index is 0.000000204. The smallest absolute Gasteiger partial charge is 0.352 e. The number of nitrogens with zero attached hydrogens (tertiary/aromatic N) is 7. The number of hydrogen-bond acceptors (Lipinski definition) is 15. The number of anilines is 2. The van der Waals surface area contributed by atoms with Crippen molar-refractivity contribution in [2.45, 2.75) is 42.6 Å². The van der Waals surface area contributed by atoms with Gasteiger partial charge in [0, 0.05) is 22.9 Å². The van der Waals surface area contributed by atoms with Crippen molar-refractivity contribution < 1.29 is 44.6 Å². The Morgan fingerprint density at radius 1 is 1.00 bits per heavy atom. The molecule has 7 atom stereocenters. The number of aliphatic hydroxyl groups excluding tert-OH is 5. The van der Waals surface area contributed by atoms with Gasteiger partial charge in [0.15, 0.2) is 12.3 Å². The molecule has 0 radical (unpaired) electrons. The largest absolute Gasteiger partial charge is 0.436 e. The molecule has 0 bridgehead atoms. The van der Waals surface area contributed by atoms with E-state index >= 15 is 0 Å². The highest BCUT2D eigenvalue weighted by Crippen LogP contribution is 2.37. The van der Waals surface area contributed by atoms with Gasteiger partial charge in [0.05, 0.1) is 6.61 Å². The van der Waals surface area contributed by atoms with Crippen LogP contribution in [0.5, 0.6) is 0 Å². The monoisotopic (exact) mass is 615 g/mol. The van der Waals surface area contributed by atoms with Crippen molar-refractivity contribution in [1.82, 2.24) is 19.1 Å². The minimum absolute atomic E-state index is 0.00413. The third-order valence-corrected chi connectivity index (χ3v) is 6.44. The maximum absolute atomic E-state index is 12.0. The van der Waals surface area contributed by atoms with Crippen LogP contribution in [0.25, 0.3) is 10.4 Å². The van der Waals surface area contributed by atoms with Gasteiger partial charge in [-0.15, -0.1) is 0 Å². The zero-order valence-corrected chi connectivity index (χ0v) is 22.3. The molecule has 0 unspecified atom stereocenters. The van der Waals surface area contributed by atoms with Crippen LogP contribution < -0.4 is 22.4 Å². The molecule has 2 saturated heterocycles. The molecule has 20 heteroatoms. The maximum atomic E-state index is 12.0. The summed E-state index contributed by atoms with van der Waals surface area (Å²) >= 11 is 0. The van der Waals surface area contributed by atoms with E-state index in [1.54, 1.807) is 30.3 Å². The Morgan fingerprint density at radius 2 is 1.64 bits per heavy atom. The highest BCUT2D eigenvalue weighted by molar-refractivity contribution is 6.03. The number of aromatic nitrogens is 4. The van der Waals surface area contributed by atoms with Crippen LogP contribution in [-0.2, 0) is 14.3 Å². The van der Waals surface area contributed by atoms with E-state index in [0.29, 0.717) is 5.56 Å². The van der Waals surface area contributed by atoms with E-state index in [1.165, 1.54) is 24.5 Å². The van der Waals surface area contributed by atoms with Gasteiger partial charge in [-0.3, -0.25) is 13.9 Å². The van der Waals surface area contributed by atoms with Crippen LogP contribution in [0.15, 0.2) is 69.6 Å². The van der Waals surface area contributed by atoms with Crippen LogP contribution >= 0.6 is 0 Å². The molecule has 0 aliphatic carbocycles. The zero-order chi connectivity index (χ0) is 32.2. The SMILES string of the molecule is O=C(Nc1ccn([C@@H]2OC(=O)[C@@H](O)[C@H]2O)c(=O)n1)c1ccccc1.[N-]=[N+]=N[C@]1(CO)O[C@@H](n2ccc(N)nc2=O)[C@H](O)[C@@H]1O. The number of nitrogens with one attached hydrogen (secondary N) is 1. The topological polar surface area (TPSA) is 310 Å². The second kappa shape index (κ2) is 13.0. The quantitative estimate of drug-likeness (QED) is 0.0645. The van der Waals surface area contributed by atoms with Crippen LogP contribution in [0.1, 0.15) is 22.8 Å². The lowest BCUT2D eigenvalue weighted by atomic mass is 10.1. The number of esters is 1. The summed E-state index contributed by atoms with van der Waals surface area (Å²) in [6.07, 6.45) is -6.95. The molecular weight excluding hydrogens is 590 g/mol. The minimum Gasteiger partial charge on any atom is -0.436 e. The van der Waals surface area contributed by atoms with E-state index in [2.05, 4.69) is 25.3 Å². The van der Waals surface area contributed by atoms with Gasteiger partial charge in [-0.25, -0.2) is 14.4 Å². The number of cyclic esters (lactones) is 1. The minimum atomic E-state index is -2.07. The highest BCUT2D eigenvalue weighted by Gasteiger charge is 2.55. The summed E-state index contributed by atoms with van der Waals surface area (Å²) in [5.74, 6) is -1.49. The summed E-state index contributed by atoms with van der Waals surface area (Å²) in [5, 5.41) is 53.7. The van der Waals surface area contributed by atoms with Crippen LogP contribution in [-0.4, -0.2) is 93.3 Å². The lowest BCUT2D eigenvalue weighted by molar-refractivity contribution is -0.149. The summed E-state index contributed by atoms with van der Waals surface area (Å²) < 4.78 is 11.6. The van der Waals surface area contributed by atoms with Gasteiger partial charge < -0.3 is 46.1 Å². The van der Waals surface area contributed by atoms with Gasteiger partial charge in [-0.1, -0.05) is 23.3 Å². The van der Waals surface area contributed by atoms with E-state index in [9.17, 15) is 44.7 Å². The first-order chi connectivity index (χ1) is 20.9. The lowest BCUT2D eigenvalue weighted by Gasteiger charge is -2.23. The molecule has 20 nitrogen and oxygen atoms in total. The fourth-order valence-corrected chi connectivity index (χ4v) is 4.16. The number of carbonyl (C=O) groups is 2. The standard InChI is InChI=1S/C15H13N3O6.C9H12N6O5/c19-10-11(20)14(22)24-13(10)18-7-6-9(17-15(18)23)16-12(21)8-4-2-1-3-5-8;10-4-1-2-15(8(19)12-4)7-5(17)6(18)9(3-16,20-7)13-14-11/h1-7,10-11,13,19-20H,(H,16,17,21,23);1-2,5-7,16-18H,3H2,(H2,10,12,19)/t10-,11+,13-;5-,6+,7-,9-/m11/s1. The number of ether oxygens (including phenoxy) is 2. The fourth-order valence-electron chi connectivity index (χ4n) is 4.16. The Bertz CT molecular complexity index is 1690. The Kier molecular flexibility index (Phi) is 9.35. The molecule has 3 aromatic rings. The summed E-state index contributed by atoms with van der Waals surface area (Å²) in [6, 6.07) is 11.0. The molecule has 2 aromatic heterocycles. The van der Waals surface area contributed by atoms with Gasteiger partial charge in [-0.05, 0) is 29.8 Å². The number of benzene rings is 1. The van der Waals surface area contributed by atoms with Crippen LogP contribution in [0.4, 0.5) is 11.6 Å². The second-order valence-corrected chi connectivity index (χ2v) is 9.26.